The van der Waals surface area contributed by atoms with Crippen molar-refractivity contribution in [3.05, 3.63) is 40.9 Å². The monoisotopic (exact) mass is 526 g/mol. The second kappa shape index (κ2) is 10.1. The fourth-order valence-corrected chi connectivity index (χ4v) is 4.85. The molecule has 1 heterocycles. The number of benzene rings is 2. The molecule has 1 aliphatic heterocycles. The van der Waals surface area contributed by atoms with Crippen molar-refractivity contribution in [2.45, 2.75) is 17.4 Å². The second-order valence-corrected chi connectivity index (χ2v) is 9.70. The first-order valence-electron chi connectivity index (χ1n) is 9.64. The Morgan fingerprint density at radius 2 is 1.94 bits per heavy atom. The lowest BCUT2D eigenvalue weighted by molar-refractivity contribution is -0.134. The van der Waals surface area contributed by atoms with Gasteiger partial charge in [0, 0.05) is 11.0 Å². The van der Waals surface area contributed by atoms with Gasteiger partial charge < -0.3 is 26.5 Å². The van der Waals surface area contributed by atoms with Crippen LogP contribution in [0.2, 0.25) is 0 Å². The molecule has 2 amide bonds. The van der Waals surface area contributed by atoms with E-state index in [2.05, 4.69) is 31.1 Å². The molecule has 0 aliphatic carbocycles. The highest BCUT2D eigenvalue weighted by Crippen LogP contribution is 2.23. The summed E-state index contributed by atoms with van der Waals surface area (Å²) in [7, 11) is -3.92. The Morgan fingerprint density at radius 3 is 2.69 bits per heavy atom. The van der Waals surface area contributed by atoms with Crippen molar-refractivity contribution in [1.29, 1.82) is 0 Å². The van der Waals surface area contributed by atoms with Crippen molar-refractivity contribution in [2.75, 3.05) is 26.2 Å². The van der Waals surface area contributed by atoms with Gasteiger partial charge in [0.15, 0.2) is 0 Å². The number of nitrogens with two attached hydrogens (primary N) is 2. The van der Waals surface area contributed by atoms with Crippen LogP contribution < -0.4 is 21.5 Å². The fourth-order valence-electron chi connectivity index (χ4n) is 3.21. The van der Waals surface area contributed by atoms with Crippen molar-refractivity contribution in [3.63, 3.8) is 0 Å². The van der Waals surface area contributed by atoms with Crippen LogP contribution in [0.15, 0.2) is 50.9 Å². The molecule has 2 aromatic rings. The van der Waals surface area contributed by atoms with E-state index < -0.39 is 27.9 Å². The number of guanidine groups is 1. The van der Waals surface area contributed by atoms with Crippen LogP contribution in [0.1, 0.15) is 6.42 Å². The molecule has 0 aromatic heterocycles. The summed E-state index contributed by atoms with van der Waals surface area (Å²) >= 11 is 3.38. The van der Waals surface area contributed by atoms with Gasteiger partial charge in [-0.15, -0.1) is 0 Å². The van der Waals surface area contributed by atoms with Gasteiger partial charge in [-0.05, 0) is 46.6 Å². The van der Waals surface area contributed by atoms with Gasteiger partial charge in [-0.25, -0.2) is 8.42 Å². The standard InChI is InChI=1S/C19H23BrN6O5S/c20-14-3-1-13-10-15(4-2-12(13)9-14)32(29,30)25-16-5-7-26(18(16)28)11-17(27)23-6-8-31-24-19(21)22/h1-4,9-10,16,25H,5-8,11H2,(H,23,27)(H4,21,22,24). The van der Waals surface area contributed by atoms with E-state index in [9.17, 15) is 18.0 Å². The molecular formula is C19H23BrN6O5S. The summed E-state index contributed by atoms with van der Waals surface area (Å²) in [6.45, 7) is 0.273. The fraction of sp³-hybridized carbons (Fsp3) is 0.316. The molecular weight excluding hydrogens is 504 g/mol. The van der Waals surface area contributed by atoms with Gasteiger partial charge in [0.2, 0.25) is 27.8 Å². The molecule has 1 aliphatic rings. The molecule has 0 bridgehead atoms. The average Bonchev–Trinajstić information content (AvgIpc) is 3.05. The lowest BCUT2D eigenvalue weighted by Gasteiger charge is -2.17. The van der Waals surface area contributed by atoms with Crippen molar-refractivity contribution in [1.82, 2.24) is 14.9 Å². The van der Waals surface area contributed by atoms with E-state index in [1.807, 2.05) is 18.2 Å². The Labute approximate surface area is 193 Å². The Morgan fingerprint density at radius 1 is 1.22 bits per heavy atom. The average molecular weight is 527 g/mol. The van der Waals surface area contributed by atoms with Crippen LogP contribution in [0.4, 0.5) is 0 Å². The molecule has 1 atom stereocenters. The lowest BCUT2D eigenvalue weighted by atomic mass is 10.1. The van der Waals surface area contributed by atoms with Gasteiger partial charge in [0.25, 0.3) is 0 Å². The Kier molecular flexibility index (Phi) is 7.53. The highest BCUT2D eigenvalue weighted by molar-refractivity contribution is 9.10. The van der Waals surface area contributed by atoms with E-state index in [-0.39, 0.29) is 43.5 Å². The number of hydrogen-bond acceptors (Lipinski definition) is 6. The van der Waals surface area contributed by atoms with Crippen LogP contribution >= 0.6 is 15.9 Å². The number of oxime groups is 1. The van der Waals surface area contributed by atoms with E-state index in [0.717, 1.165) is 15.2 Å². The predicted octanol–water partition coefficient (Wildman–Crippen LogP) is -0.197. The van der Waals surface area contributed by atoms with Crippen LogP contribution in [0, 0.1) is 0 Å². The third-order valence-corrected chi connectivity index (χ3v) is 6.66. The first-order chi connectivity index (χ1) is 15.2. The molecule has 13 heteroatoms. The molecule has 0 radical (unpaired) electrons. The number of hydrogen-bond donors (Lipinski definition) is 4. The van der Waals surface area contributed by atoms with Crippen LogP contribution in [0.3, 0.4) is 0 Å². The molecule has 6 N–H and O–H groups in total. The first-order valence-corrected chi connectivity index (χ1v) is 11.9. The summed E-state index contributed by atoms with van der Waals surface area (Å²) in [6.07, 6.45) is 0.263. The Hall–Kier alpha value is -2.90. The minimum Gasteiger partial charge on any atom is -0.391 e. The molecule has 1 unspecified atom stereocenters. The lowest BCUT2D eigenvalue weighted by Crippen LogP contribution is -2.44. The van der Waals surface area contributed by atoms with Crippen molar-refractivity contribution < 1.29 is 22.8 Å². The second-order valence-electron chi connectivity index (χ2n) is 7.07. The number of nitrogens with one attached hydrogen (secondary N) is 2. The van der Waals surface area contributed by atoms with Gasteiger partial charge in [-0.1, -0.05) is 28.1 Å². The summed E-state index contributed by atoms with van der Waals surface area (Å²) in [5, 5.41) is 7.52. The van der Waals surface area contributed by atoms with Crippen LogP contribution in [-0.4, -0.2) is 63.4 Å². The number of likely N-dealkylation sites (tertiary alicyclic amines) is 1. The van der Waals surface area contributed by atoms with E-state index in [1.54, 1.807) is 12.1 Å². The molecule has 32 heavy (non-hydrogen) atoms. The van der Waals surface area contributed by atoms with Crippen molar-refractivity contribution in [3.8, 4) is 0 Å². The molecule has 2 aromatic carbocycles. The summed E-state index contributed by atoms with van der Waals surface area (Å²) in [5.74, 6) is -1.09. The highest BCUT2D eigenvalue weighted by atomic mass is 79.9. The van der Waals surface area contributed by atoms with Crippen LogP contribution in [0.5, 0.6) is 0 Å². The van der Waals surface area contributed by atoms with Crippen molar-refractivity contribution >= 4 is 54.5 Å². The van der Waals surface area contributed by atoms with Gasteiger partial charge in [-0.3, -0.25) is 9.59 Å². The number of fused-ring (bicyclic) bond motifs is 1. The molecule has 1 saturated heterocycles. The zero-order chi connectivity index (χ0) is 23.3. The number of carbonyl (C=O) groups is 2. The van der Waals surface area contributed by atoms with E-state index in [4.69, 9.17) is 16.3 Å². The molecule has 172 valence electrons. The highest BCUT2D eigenvalue weighted by Gasteiger charge is 2.35. The third kappa shape index (κ3) is 6.08. The molecule has 0 spiro atoms. The van der Waals surface area contributed by atoms with Crippen LogP contribution in [0.25, 0.3) is 10.8 Å². The number of amides is 2. The maximum absolute atomic E-state index is 12.8. The van der Waals surface area contributed by atoms with E-state index >= 15 is 0 Å². The quantitative estimate of drug-likeness (QED) is 0.152. The minimum atomic E-state index is -3.92. The minimum absolute atomic E-state index is 0.0583. The molecule has 3 rings (SSSR count). The number of nitrogens with zero attached hydrogens (tertiary/aromatic N) is 2. The Balaban J connectivity index is 1.55. The van der Waals surface area contributed by atoms with Crippen LogP contribution in [-0.2, 0) is 24.4 Å². The number of rotatable bonds is 9. The normalized spacial score (nSPS) is 16.2. The first kappa shape index (κ1) is 23.8. The smallest absolute Gasteiger partial charge is 0.241 e. The number of halogens is 1. The summed E-state index contributed by atoms with van der Waals surface area (Å²) in [4.78, 5) is 30.7. The number of sulfonamides is 1. The molecule has 0 saturated carbocycles. The predicted molar refractivity (Wildman–Crippen MR) is 122 cm³/mol. The zero-order valence-electron chi connectivity index (χ0n) is 17.0. The zero-order valence-corrected chi connectivity index (χ0v) is 19.4. The summed E-state index contributed by atoms with van der Waals surface area (Å²) in [6, 6.07) is 9.34. The van der Waals surface area contributed by atoms with Gasteiger partial charge in [-0.2, -0.15) is 4.72 Å². The van der Waals surface area contributed by atoms with Crippen molar-refractivity contribution in [2.24, 2.45) is 16.6 Å². The van der Waals surface area contributed by atoms with Gasteiger partial charge in [0.05, 0.1) is 18.0 Å². The largest absolute Gasteiger partial charge is 0.391 e. The van der Waals surface area contributed by atoms with Gasteiger partial charge >= 0.3 is 0 Å². The van der Waals surface area contributed by atoms with E-state index in [1.165, 1.54) is 11.0 Å². The maximum Gasteiger partial charge on any atom is 0.241 e. The number of carbonyl (C=O) groups excluding carboxylic acids is 2. The molecule has 1 fully saturated rings. The Bertz CT molecular complexity index is 1150. The third-order valence-electron chi connectivity index (χ3n) is 4.70. The maximum atomic E-state index is 12.8. The summed E-state index contributed by atoms with van der Waals surface area (Å²) < 4.78 is 29.0. The SMILES string of the molecule is NC(N)=NOCCNC(=O)CN1CCC(NS(=O)(=O)c2ccc3cc(Br)ccc3c2)C1=O. The molecule has 11 nitrogen and oxygen atoms in total. The summed E-state index contributed by atoms with van der Waals surface area (Å²) in [5.41, 5.74) is 10.2. The van der Waals surface area contributed by atoms with Gasteiger partial charge in [0.1, 0.15) is 12.6 Å². The van der Waals surface area contributed by atoms with E-state index in [0.29, 0.717) is 0 Å². The topological polar surface area (TPSA) is 169 Å².